The Balaban J connectivity index is 1.44. The van der Waals surface area contributed by atoms with E-state index < -0.39 is 0 Å². The molecule has 1 unspecified atom stereocenters. The Morgan fingerprint density at radius 3 is 2.76 bits per heavy atom. The number of hydrogen-bond donors (Lipinski definition) is 2. The molecule has 0 saturated heterocycles. The maximum Gasteiger partial charge on any atom is 0.214 e. The monoisotopic (exact) mass is 532 g/mol. The fraction of sp³-hybridized carbons (Fsp3) is 0.241. The van der Waals surface area contributed by atoms with Crippen LogP contribution in [0.1, 0.15) is 41.3 Å². The van der Waals surface area contributed by atoms with Gasteiger partial charge in [-0.05, 0) is 48.1 Å². The van der Waals surface area contributed by atoms with Gasteiger partial charge in [-0.15, -0.1) is 0 Å². The van der Waals surface area contributed by atoms with E-state index in [-0.39, 0.29) is 12.6 Å². The number of fused-ring (bicyclic) bond motifs is 2. The van der Waals surface area contributed by atoms with E-state index in [1.807, 2.05) is 61.1 Å². The average Bonchev–Trinajstić information content (AvgIpc) is 3.53. The van der Waals surface area contributed by atoms with E-state index in [2.05, 4.69) is 14.5 Å². The highest BCUT2D eigenvalue weighted by Crippen LogP contribution is 2.43. The molecule has 8 heteroatoms. The van der Waals surface area contributed by atoms with Crippen LogP contribution in [0.5, 0.6) is 5.88 Å². The molecule has 188 valence electrons. The molecule has 0 saturated carbocycles. The van der Waals surface area contributed by atoms with Crippen LogP contribution >= 0.6 is 23.2 Å². The van der Waals surface area contributed by atoms with Crippen molar-refractivity contribution in [1.29, 1.82) is 0 Å². The Labute approximate surface area is 224 Å². The second-order valence-electron chi connectivity index (χ2n) is 9.29. The summed E-state index contributed by atoms with van der Waals surface area (Å²) in [6.07, 6.45) is 8.90. The molecule has 3 heterocycles. The van der Waals surface area contributed by atoms with Crippen LogP contribution in [0.2, 0.25) is 10.0 Å². The number of nitrogens with zero attached hydrogens (tertiary/aromatic N) is 3. The maximum atomic E-state index is 9.81. The molecular weight excluding hydrogens is 507 g/mol. The number of benzene rings is 2. The molecule has 6 nitrogen and oxygen atoms in total. The molecule has 6 rings (SSSR count). The minimum absolute atomic E-state index is 0.00714. The summed E-state index contributed by atoms with van der Waals surface area (Å²) in [7, 11) is 0. The molecule has 1 aliphatic rings. The van der Waals surface area contributed by atoms with Crippen molar-refractivity contribution in [2.75, 3.05) is 6.61 Å². The Bertz CT molecular complexity index is 1560. The van der Waals surface area contributed by atoms with E-state index in [4.69, 9.17) is 32.9 Å². The van der Waals surface area contributed by atoms with Gasteiger partial charge in [0.05, 0.1) is 35.5 Å². The molecule has 0 spiro atoms. The summed E-state index contributed by atoms with van der Waals surface area (Å²) < 4.78 is 8.22. The normalized spacial score (nSPS) is 15.2. The first-order valence-corrected chi connectivity index (χ1v) is 13.2. The molecule has 0 bridgehead atoms. The fourth-order valence-corrected chi connectivity index (χ4v) is 5.91. The zero-order valence-electron chi connectivity index (χ0n) is 20.1. The first-order valence-electron chi connectivity index (χ1n) is 12.4. The van der Waals surface area contributed by atoms with Crippen LogP contribution in [0.3, 0.4) is 0 Å². The van der Waals surface area contributed by atoms with Crippen LogP contribution in [0, 0.1) is 0 Å². The van der Waals surface area contributed by atoms with Crippen molar-refractivity contribution in [1.82, 2.24) is 19.5 Å². The van der Waals surface area contributed by atoms with Crippen molar-refractivity contribution in [2.45, 2.75) is 38.3 Å². The lowest BCUT2D eigenvalue weighted by atomic mass is 9.87. The summed E-state index contributed by atoms with van der Waals surface area (Å²) in [6, 6.07) is 15.7. The van der Waals surface area contributed by atoms with Crippen molar-refractivity contribution in [3.05, 3.63) is 99.7 Å². The van der Waals surface area contributed by atoms with E-state index >= 15 is 0 Å². The lowest BCUT2D eigenvalue weighted by molar-refractivity contribution is 0.294. The van der Waals surface area contributed by atoms with Crippen molar-refractivity contribution in [3.8, 4) is 17.1 Å². The first kappa shape index (κ1) is 24.0. The van der Waals surface area contributed by atoms with Crippen LogP contribution in [0.4, 0.5) is 0 Å². The number of H-pyrrole nitrogens is 1. The lowest BCUT2D eigenvalue weighted by Gasteiger charge is -2.30. The third kappa shape index (κ3) is 4.50. The van der Waals surface area contributed by atoms with Gasteiger partial charge >= 0.3 is 0 Å². The highest BCUT2D eigenvalue weighted by Gasteiger charge is 2.29. The largest absolute Gasteiger partial charge is 0.473 e. The quantitative estimate of drug-likeness (QED) is 0.242. The van der Waals surface area contributed by atoms with Crippen molar-refractivity contribution in [3.63, 3.8) is 0 Å². The second-order valence-corrected chi connectivity index (χ2v) is 10.1. The van der Waals surface area contributed by atoms with Gasteiger partial charge in [0.25, 0.3) is 0 Å². The van der Waals surface area contributed by atoms with Crippen LogP contribution in [0.15, 0.2) is 67.3 Å². The summed E-state index contributed by atoms with van der Waals surface area (Å²) in [4.78, 5) is 12.6. The van der Waals surface area contributed by atoms with E-state index in [1.165, 1.54) is 0 Å². The first-order chi connectivity index (χ1) is 18.1. The van der Waals surface area contributed by atoms with Crippen molar-refractivity contribution in [2.24, 2.45) is 0 Å². The van der Waals surface area contributed by atoms with Crippen molar-refractivity contribution >= 4 is 34.1 Å². The van der Waals surface area contributed by atoms with Gasteiger partial charge in [-0.1, -0.05) is 53.5 Å². The summed E-state index contributed by atoms with van der Waals surface area (Å²) in [6.45, 7) is 0.443. The summed E-state index contributed by atoms with van der Waals surface area (Å²) in [5, 5.41) is 12.3. The SMILES string of the molecule is OCCc1ncn(C2CCCc3c(Cl)ccc(Cl)c32)c1-c1c[nH]c2cnc(OCc3ccccc3)cc12. The highest BCUT2D eigenvalue weighted by molar-refractivity contribution is 6.34. The number of aliphatic hydroxyl groups excluding tert-OH is 1. The molecule has 1 atom stereocenters. The van der Waals surface area contributed by atoms with Crippen LogP contribution in [-0.2, 0) is 19.4 Å². The summed E-state index contributed by atoms with van der Waals surface area (Å²) >= 11 is 13.3. The Morgan fingerprint density at radius 1 is 1.08 bits per heavy atom. The molecule has 2 N–H and O–H groups in total. The minimum atomic E-state index is -0.00881. The molecule has 0 amide bonds. The molecule has 3 aromatic heterocycles. The van der Waals surface area contributed by atoms with Crippen LogP contribution < -0.4 is 4.74 Å². The number of aromatic amines is 1. The van der Waals surface area contributed by atoms with E-state index in [0.29, 0.717) is 23.9 Å². The standard InChI is InChI=1S/C29H26Cl2N4O2/c30-22-9-10-23(31)28-19(22)7-4-8-26(28)35-17-34-24(11-12-36)29(35)21-14-32-25-15-33-27(13-20(21)25)37-16-18-5-2-1-3-6-18/h1-3,5-6,9-10,13-15,17,26,32,36H,4,7-8,11-12,16H2. The lowest BCUT2D eigenvalue weighted by Crippen LogP contribution is -2.18. The number of rotatable bonds is 7. The van der Waals surface area contributed by atoms with E-state index in [0.717, 1.165) is 68.8 Å². The topological polar surface area (TPSA) is 76.0 Å². The van der Waals surface area contributed by atoms with Crippen LogP contribution in [0.25, 0.3) is 22.2 Å². The van der Waals surface area contributed by atoms with Gasteiger partial charge in [-0.2, -0.15) is 0 Å². The maximum absolute atomic E-state index is 9.81. The zero-order chi connectivity index (χ0) is 25.4. The molecular formula is C29H26Cl2N4O2. The van der Waals surface area contributed by atoms with E-state index in [9.17, 15) is 5.11 Å². The van der Waals surface area contributed by atoms with Gasteiger partial charge in [0.2, 0.25) is 5.88 Å². The predicted octanol–water partition coefficient (Wildman–Crippen LogP) is 6.77. The molecule has 37 heavy (non-hydrogen) atoms. The number of aliphatic hydroxyl groups is 1. The number of halogens is 2. The number of pyridine rings is 1. The summed E-state index contributed by atoms with van der Waals surface area (Å²) in [5.41, 5.74) is 6.90. The molecule has 2 aromatic carbocycles. The molecule has 5 aromatic rings. The smallest absolute Gasteiger partial charge is 0.214 e. The number of ether oxygens (including phenoxy) is 1. The zero-order valence-corrected chi connectivity index (χ0v) is 21.6. The minimum Gasteiger partial charge on any atom is -0.473 e. The average molecular weight is 533 g/mol. The Kier molecular flexibility index (Phi) is 6.63. The fourth-order valence-electron chi connectivity index (χ4n) is 5.35. The Morgan fingerprint density at radius 2 is 1.92 bits per heavy atom. The van der Waals surface area contributed by atoms with Gasteiger partial charge < -0.3 is 19.4 Å². The number of aromatic nitrogens is 4. The van der Waals surface area contributed by atoms with Gasteiger partial charge in [-0.3, -0.25) is 0 Å². The third-order valence-electron chi connectivity index (χ3n) is 7.06. The molecule has 0 fully saturated rings. The van der Waals surface area contributed by atoms with Crippen LogP contribution in [-0.4, -0.2) is 31.2 Å². The number of imidazole rings is 1. The number of nitrogens with one attached hydrogen (secondary N) is 1. The predicted molar refractivity (Wildman–Crippen MR) is 146 cm³/mol. The van der Waals surface area contributed by atoms with Gasteiger partial charge in [0.15, 0.2) is 0 Å². The van der Waals surface area contributed by atoms with Gasteiger partial charge in [-0.25, -0.2) is 9.97 Å². The van der Waals surface area contributed by atoms with Gasteiger partial charge in [0, 0.05) is 46.3 Å². The van der Waals surface area contributed by atoms with E-state index in [1.54, 1.807) is 6.20 Å². The summed E-state index contributed by atoms with van der Waals surface area (Å²) in [5.74, 6) is 0.546. The molecule has 1 aliphatic carbocycles. The van der Waals surface area contributed by atoms with Crippen molar-refractivity contribution < 1.29 is 9.84 Å². The number of hydrogen-bond acceptors (Lipinski definition) is 4. The molecule has 0 aliphatic heterocycles. The Hall–Kier alpha value is -3.32. The molecule has 0 radical (unpaired) electrons. The third-order valence-corrected chi connectivity index (χ3v) is 7.75. The second kappa shape index (κ2) is 10.2. The highest BCUT2D eigenvalue weighted by atomic mass is 35.5. The van der Waals surface area contributed by atoms with Gasteiger partial charge in [0.1, 0.15) is 6.61 Å².